The van der Waals surface area contributed by atoms with Crippen LogP contribution < -0.4 is 5.73 Å². The highest BCUT2D eigenvalue weighted by Crippen LogP contribution is 2.36. The summed E-state index contributed by atoms with van der Waals surface area (Å²) in [6, 6.07) is 2.27. The molecule has 0 fully saturated rings. The molecule has 0 aliphatic carbocycles. The number of aliphatic hydroxyl groups is 1. The van der Waals surface area contributed by atoms with Crippen molar-refractivity contribution in [2.75, 3.05) is 6.61 Å². The maximum Gasteiger partial charge on any atom is 0.165 e. The molecular weight excluding hydrogens is 245 g/mol. The zero-order valence-electron chi connectivity index (χ0n) is 10.2. The molecule has 0 saturated carbocycles. The number of nitrogens with two attached hydrogens (primary N) is 1. The molecule has 0 aliphatic rings. The van der Waals surface area contributed by atoms with Gasteiger partial charge in [-0.25, -0.2) is 4.39 Å². The summed E-state index contributed by atoms with van der Waals surface area (Å²) in [5, 5.41) is 18.8. The Balaban J connectivity index is 0.00000256. The molecule has 0 bridgehead atoms. The van der Waals surface area contributed by atoms with Crippen LogP contribution in [0, 0.1) is 18.2 Å². The SMILES string of the molecule is Cc1cc(F)c(O)c([C@@H](N)C(C)(C)CO)c1.Cl. The molecule has 0 aromatic heterocycles. The van der Waals surface area contributed by atoms with Gasteiger partial charge in [0.2, 0.25) is 0 Å². The first-order valence-corrected chi connectivity index (χ1v) is 5.15. The number of aryl methyl sites for hydroxylation is 1. The highest BCUT2D eigenvalue weighted by molar-refractivity contribution is 5.85. The summed E-state index contributed by atoms with van der Waals surface area (Å²) in [5.74, 6) is -1.11. The normalized spacial score (nSPS) is 13.1. The molecule has 5 heteroatoms. The molecule has 1 atom stereocenters. The van der Waals surface area contributed by atoms with Gasteiger partial charge >= 0.3 is 0 Å². The molecule has 4 N–H and O–H groups in total. The van der Waals surface area contributed by atoms with Gasteiger partial charge < -0.3 is 15.9 Å². The predicted octanol–water partition coefficient (Wildman–Crippen LogP) is 2.28. The van der Waals surface area contributed by atoms with Gasteiger partial charge in [0.25, 0.3) is 0 Å². The highest BCUT2D eigenvalue weighted by Gasteiger charge is 2.29. The number of benzene rings is 1. The van der Waals surface area contributed by atoms with E-state index in [4.69, 9.17) is 5.73 Å². The van der Waals surface area contributed by atoms with Crippen molar-refractivity contribution in [3.63, 3.8) is 0 Å². The van der Waals surface area contributed by atoms with Gasteiger partial charge in [-0.15, -0.1) is 12.4 Å². The summed E-state index contributed by atoms with van der Waals surface area (Å²) < 4.78 is 13.3. The summed E-state index contributed by atoms with van der Waals surface area (Å²) in [4.78, 5) is 0. The van der Waals surface area contributed by atoms with E-state index in [9.17, 15) is 14.6 Å². The van der Waals surface area contributed by atoms with Gasteiger partial charge in [-0.3, -0.25) is 0 Å². The zero-order valence-corrected chi connectivity index (χ0v) is 11.0. The first-order valence-electron chi connectivity index (χ1n) is 5.15. The summed E-state index contributed by atoms with van der Waals surface area (Å²) in [7, 11) is 0. The lowest BCUT2D eigenvalue weighted by Crippen LogP contribution is -2.32. The van der Waals surface area contributed by atoms with Crippen molar-refractivity contribution < 1.29 is 14.6 Å². The maximum atomic E-state index is 13.3. The first-order chi connectivity index (χ1) is 7.29. The smallest absolute Gasteiger partial charge is 0.165 e. The van der Waals surface area contributed by atoms with Crippen molar-refractivity contribution in [1.29, 1.82) is 0 Å². The fourth-order valence-electron chi connectivity index (χ4n) is 1.52. The van der Waals surface area contributed by atoms with Crippen molar-refractivity contribution >= 4 is 12.4 Å². The molecule has 0 heterocycles. The van der Waals surface area contributed by atoms with Crippen LogP contribution in [0.2, 0.25) is 0 Å². The third-order valence-corrected chi connectivity index (χ3v) is 2.82. The van der Waals surface area contributed by atoms with Crippen LogP contribution in [0.1, 0.15) is 31.0 Å². The van der Waals surface area contributed by atoms with Crippen LogP contribution in [0.4, 0.5) is 4.39 Å². The topological polar surface area (TPSA) is 66.5 Å². The minimum Gasteiger partial charge on any atom is -0.505 e. The van der Waals surface area contributed by atoms with Gasteiger partial charge in [-0.2, -0.15) is 0 Å². The zero-order chi connectivity index (χ0) is 12.5. The fraction of sp³-hybridized carbons (Fsp3) is 0.500. The average molecular weight is 264 g/mol. The Hall–Kier alpha value is -0.840. The van der Waals surface area contributed by atoms with Crippen molar-refractivity contribution in [2.24, 2.45) is 11.1 Å². The monoisotopic (exact) mass is 263 g/mol. The Labute approximate surface area is 107 Å². The van der Waals surface area contributed by atoms with Gasteiger partial charge in [-0.1, -0.05) is 19.9 Å². The summed E-state index contributed by atoms with van der Waals surface area (Å²) in [6.07, 6.45) is 0. The Morgan fingerprint density at radius 2 is 1.94 bits per heavy atom. The van der Waals surface area contributed by atoms with Crippen LogP contribution in [-0.4, -0.2) is 16.8 Å². The third-order valence-electron chi connectivity index (χ3n) is 2.82. The number of aromatic hydroxyl groups is 1. The molecule has 0 spiro atoms. The van der Waals surface area contributed by atoms with Crippen molar-refractivity contribution in [3.8, 4) is 5.75 Å². The number of aliphatic hydroxyl groups excluding tert-OH is 1. The predicted molar refractivity (Wildman–Crippen MR) is 67.8 cm³/mol. The molecule has 98 valence electrons. The number of hydrogen-bond donors (Lipinski definition) is 3. The standard InChI is InChI=1S/C12H18FNO2.ClH/c1-7-4-8(10(16)9(13)5-7)11(14)12(2,3)6-15;/h4-5,11,15-16H,6,14H2,1-3H3;1H/t11-;/m1./s1. The minimum atomic E-state index is -0.681. The van der Waals surface area contributed by atoms with Crippen molar-refractivity contribution in [2.45, 2.75) is 26.8 Å². The van der Waals surface area contributed by atoms with E-state index in [-0.39, 0.29) is 19.0 Å². The van der Waals surface area contributed by atoms with Crippen molar-refractivity contribution in [1.82, 2.24) is 0 Å². The number of hydrogen-bond acceptors (Lipinski definition) is 3. The summed E-state index contributed by atoms with van der Waals surface area (Å²) >= 11 is 0. The molecule has 17 heavy (non-hydrogen) atoms. The van der Waals surface area contributed by atoms with Crippen LogP contribution >= 0.6 is 12.4 Å². The molecule has 0 aliphatic heterocycles. The van der Waals surface area contributed by atoms with E-state index in [0.29, 0.717) is 11.1 Å². The summed E-state index contributed by atoms with van der Waals surface area (Å²) in [5.41, 5.74) is 6.34. The van der Waals surface area contributed by atoms with Gasteiger partial charge in [0.15, 0.2) is 11.6 Å². The Morgan fingerprint density at radius 1 is 1.41 bits per heavy atom. The lowest BCUT2D eigenvalue weighted by Gasteiger charge is -2.30. The average Bonchev–Trinajstić information content (AvgIpc) is 2.22. The lowest BCUT2D eigenvalue weighted by atomic mass is 9.81. The number of rotatable bonds is 3. The molecule has 1 rings (SSSR count). The van der Waals surface area contributed by atoms with E-state index < -0.39 is 23.0 Å². The maximum absolute atomic E-state index is 13.3. The molecule has 3 nitrogen and oxygen atoms in total. The molecule has 0 amide bonds. The van der Waals surface area contributed by atoms with Gasteiger partial charge in [-0.05, 0) is 18.6 Å². The second-order valence-corrected chi connectivity index (χ2v) is 4.81. The largest absolute Gasteiger partial charge is 0.505 e. The van der Waals surface area contributed by atoms with Gasteiger partial charge in [0.05, 0.1) is 0 Å². The van der Waals surface area contributed by atoms with E-state index in [1.54, 1.807) is 26.8 Å². The second-order valence-electron chi connectivity index (χ2n) is 4.81. The number of phenolic OH excluding ortho intramolecular Hbond substituents is 1. The second kappa shape index (κ2) is 5.67. The van der Waals surface area contributed by atoms with Crippen LogP contribution in [0.5, 0.6) is 5.75 Å². The third kappa shape index (κ3) is 3.31. The minimum absolute atomic E-state index is 0. The van der Waals surface area contributed by atoms with E-state index >= 15 is 0 Å². The van der Waals surface area contributed by atoms with Crippen LogP contribution in [0.25, 0.3) is 0 Å². The lowest BCUT2D eigenvalue weighted by molar-refractivity contribution is 0.131. The van der Waals surface area contributed by atoms with E-state index in [1.807, 2.05) is 0 Å². The number of halogens is 2. The van der Waals surface area contributed by atoms with Gasteiger partial charge in [0.1, 0.15) is 0 Å². The van der Waals surface area contributed by atoms with Crippen LogP contribution in [0.15, 0.2) is 12.1 Å². The Morgan fingerprint density at radius 3 is 2.41 bits per heavy atom. The fourth-order valence-corrected chi connectivity index (χ4v) is 1.52. The molecule has 1 aromatic carbocycles. The molecule has 1 aromatic rings. The van der Waals surface area contributed by atoms with E-state index in [0.717, 1.165) is 0 Å². The van der Waals surface area contributed by atoms with Gasteiger partial charge in [0, 0.05) is 23.6 Å². The molecule has 0 radical (unpaired) electrons. The molecular formula is C12H19ClFNO2. The van der Waals surface area contributed by atoms with E-state index in [1.165, 1.54) is 6.07 Å². The first kappa shape index (κ1) is 16.2. The molecule has 0 saturated heterocycles. The highest BCUT2D eigenvalue weighted by atomic mass is 35.5. The Kier molecular flexibility index (Phi) is 5.39. The quantitative estimate of drug-likeness (QED) is 0.784. The summed E-state index contributed by atoms with van der Waals surface area (Å²) in [6.45, 7) is 5.11. The van der Waals surface area contributed by atoms with Crippen LogP contribution in [-0.2, 0) is 0 Å². The molecule has 0 unspecified atom stereocenters. The van der Waals surface area contributed by atoms with Crippen molar-refractivity contribution in [3.05, 3.63) is 29.1 Å². The Bertz CT molecular complexity index is 396. The number of phenols is 1. The van der Waals surface area contributed by atoms with Crippen LogP contribution in [0.3, 0.4) is 0 Å². The van der Waals surface area contributed by atoms with E-state index in [2.05, 4.69) is 0 Å².